The molecule has 1 fully saturated rings. The molecule has 0 N–H and O–H groups in total. The number of hydrogen-bond donors (Lipinski definition) is 0. The van der Waals surface area contributed by atoms with E-state index < -0.39 is 0 Å². The lowest BCUT2D eigenvalue weighted by Gasteiger charge is -2.18. The Hall–Kier alpha value is -1.82. The second kappa shape index (κ2) is 6.74. The Labute approximate surface area is 140 Å². The summed E-state index contributed by atoms with van der Waals surface area (Å²) < 4.78 is 5.72. The fourth-order valence-corrected chi connectivity index (χ4v) is 3.41. The molecule has 2 aromatic rings. The van der Waals surface area contributed by atoms with Crippen molar-refractivity contribution in [3.8, 4) is 11.5 Å². The SMILES string of the molecule is Cc1ccc(-c2nnc(SC(C)C(=O)N3CCCC3)o2)cc1C. The Morgan fingerprint density at radius 1 is 1.22 bits per heavy atom. The number of likely N-dealkylation sites (tertiary alicyclic amines) is 1. The van der Waals surface area contributed by atoms with E-state index in [0.29, 0.717) is 11.1 Å². The Bertz CT molecular complexity index is 708. The molecule has 2 heterocycles. The van der Waals surface area contributed by atoms with Crippen molar-refractivity contribution in [2.45, 2.75) is 44.1 Å². The van der Waals surface area contributed by atoms with Gasteiger partial charge in [0.15, 0.2) is 0 Å². The third-order valence-electron chi connectivity index (χ3n) is 4.20. The maximum Gasteiger partial charge on any atom is 0.277 e. The average Bonchev–Trinajstić information content (AvgIpc) is 3.20. The van der Waals surface area contributed by atoms with Gasteiger partial charge in [-0.05, 0) is 56.9 Å². The van der Waals surface area contributed by atoms with Crippen molar-refractivity contribution < 1.29 is 9.21 Å². The first-order valence-corrected chi connectivity index (χ1v) is 8.79. The van der Waals surface area contributed by atoms with E-state index in [0.717, 1.165) is 31.5 Å². The number of carbonyl (C=O) groups excluding carboxylic acids is 1. The first kappa shape index (κ1) is 16.1. The second-order valence-corrected chi connectivity index (χ2v) is 7.26. The highest BCUT2D eigenvalue weighted by Crippen LogP contribution is 2.28. The van der Waals surface area contributed by atoms with Crippen LogP contribution in [0.15, 0.2) is 27.8 Å². The predicted molar refractivity (Wildman–Crippen MR) is 90.3 cm³/mol. The van der Waals surface area contributed by atoms with Crippen LogP contribution in [0.3, 0.4) is 0 Å². The molecule has 0 radical (unpaired) electrons. The molecule has 6 heteroatoms. The largest absolute Gasteiger partial charge is 0.411 e. The third-order valence-corrected chi connectivity index (χ3v) is 5.13. The van der Waals surface area contributed by atoms with Crippen LogP contribution in [0.4, 0.5) is 0 Å². The van der Waals surface area contributed by atoms with Gasteiger partial charge in [-0.2, -0.15) is 0 Å². The third kappa shape index (κ3) is 3.58. The van der Waals surface area contributed by atoms with Crippen LogP contribution in [0.1, 0.15) is 30.9 Å². The molecule has 1 aliphatic heterocycles. The lowest BCUT2D eigenvalue weighted by molar-refractivity contribution is -0.129. The van der Waals surface area contributed by atoms with Crippen molar-refractivity contribution in [3.63, 3.8) is 0 Å². The van der Waals surface area contributed by atoms with E-state index in [2.05, 4.69) is 24.0 Å². The molecular formula is C17H21N3O2S. The van der Waals surface area contributed by atoms with E-state index in [1.807, 2.05) is 30.0 Å². The minimum absolute atomic E-state index is 0.151. The van der Waals surface area contributed by atoms with Gasteiger partial charge in [0.25, 0.3) is 5.22 Å². The van der Waals surface area contributed by atoms with Gasteiger partial charge in [-0.1, -0.05) is 17.8 Å². The van der Waals surface area contributed by atoms with Crippen LogP contribution >= 0.6 is 11.8 Å². The van der Waals surface area contributed by atoms with E-state index in [1.54, 1.807) is 0 Å². The highest BCUT2D eigenvalue weighted by atomic mass is 32.2. The lowest BCUT2D eigenvalue weighted by atomic mass is 10.1. The van der Waals surface area contributed by atoms with Crippen molar-refractivity contribution >= 4 is 17.7 Å². The number of carbonyl (C=O) groups is 1. The van der Waals surface area contributed by atoms with Crippen LogP contribution in [-0.2, 0) is 4.79 Å². The van der Waals surface area contributed by atoms with Gasteiger partial charge in [0.2, 0.25) is 11.8 Å². The van der Waals surface area contributed by atoms with Gasteiger partial charge in [-0.3, -0.25) is 4.79 Å². The Morgan fingerprint density at radius 2 is 1.96 bits per heavy atom. The molecule has 1 aromatic heterocycles. The smallest absolute Gasteiger partial charge is 0.277 e. The van der Waals surface area contributed by atoms with Gasteiger partial charge in [0.05, 0.1) is 5.25 Å². The van der Waals surface area contributed by atoms with E-state index in [4.69, 9.17) is 4.42 Å². The molecule has 1 atom stereocenters. The first-order chi connectivity index (χ1) is 11.0. The quantitative estimate of drug-likeness (QED) is 0.803. The molecule has 0 spiro atoms. The van der Waals surface area contributed by atoms with Crippen molar-refractivity contribution in [1.29, 1.82) is 0 Å². The van der Waals surface area contributed by atoms with E-state index in [9.17, 15) is 4.79 Å². The van der Waals surface area contributed by atoms with Crippen molar-refractivity contribution in [1.82, 2.24) is 15.1 Å². The molecule has 1 aliphatic rings. The predicted octanol–water partition coefficient (Wildman–Crippen LogP) is 3.46. The molecule has 0 saturated carbocycles. The standard InChI is InChI=1S/C17H21N3O2S/c1-11-6-7-14(10-12(11)2)15-18-19-17(22-15)23-13(3)16(21)20-8-4-5-9-20/h6-7,10,13H,4-5,8-9H2,1-3H3. The number of nitrogens with zero attached hydrogens (tertiary/aromatic N) is 3. The van der Waals surface area contributed by atoms with Crippen molar-refractivity contribution in [2.75, 3.05) is 13.1 Å². The summed E-state index contributed by atoms with van der Waals surface area (Å²) in [6.07, 6.45) is 2.20. The fraction of sp³-hybridized carbons (Fsp3) is 0.471. The summed E-state index contributed by atoms with van der Waals surface area (Å²) in [5.74, 6) is 0.648. The molecule has 5 nitrogen and oxygen atoms in total. The summed E-state index contributed by atoms with van der Waals surface area (Å²) in [7, 11) is 0. The van der Waals surface area contributed by atoms with Crippen molar-refractivity contribution in [3.05, 3.63) is 29.3 Å². The fourth-order valence-electron chi connectivity index (χ4n) is 2.64. The van der Waals surface area contributed by atoms with Crippen LogP contribution < -0.4 is 0 Å². The number of amides is 1. The zero-order chi connectivity index (χ0) is 16.4. The number of aromatic nitrogens is 2. The normalized spacial score (nSPS) is 15.9. The number of aryl methyl sites for hydroxylation is 2. The topological polar surface area (TPSA) is 59.2 Å². The van der Waals surface area contributed by atoms with Crippen LogP contribution in [0.2, 0.25) is 0 Å². The Kier molecular flexibility index (Phi) is 4.71. The maximum atomic E-state index is 12.3. The minimum Gasteiger partial charge on any atom is -0.411 e. The second-order valence-electron chi connectivity index (χ2n) is 5.96. The highest BCUT2D eigenvalue weighted by Gasteiger charge is 2.25. The minimum atomic E-state index is -0.207. The van der Waals surface area contributed by atoms with Crippen LogP contribution in [0.25, 0.3) is 11.5 Å². The average molecular weight is 331 g/mol. The number of hydrogen-bond acceptors (Lipinski definition) is 5. The van der Waals surface area contributed by atoms with Crippen LogP contribution in [0.5, 0.6) is 0 Å². The summed E-state index contributed by atoms with van der Waals surface area (Å²) in [5, 5.41) is 8.41. The zero-order valence-electron chi connectivity index (χ0n) is 13.7. The molecule has 0 aliphatic carbocycles. The molecule has 1 unspecified atom stereocenters. The molecule has 0 bridgehead atoms. The van der Waals surface area contributed by atoms with Crippen molar-refractivity contribution in [2.24, 2.45) is 0 Å². The Balaban J connectivity index is 1.69. The molecule has 1 saturated heterocycles. The van der Waals surface area contributed by atoms with E-state index >= 15 is 0 Å². The summed E-state index contributed by atoms with van der Waals surface area (Å²) in [6.45, 7) is 7.75. The first-order valence-electron chi connectivity index (χ1n) is 7.91. The monoisotopic (exact) mass is 331 g/mol. The van der Waals surface area contributed by atoms with Gasteiger partial charge < -0.3 is 9.32 Å². The van der Waals surface area contributed by atoms with Crippen LogP contribution in [0, 0.1) is 13.8 Å². The molecule has 3 rings (SSSR count). The number of thioether (sulfide) groups is 1. The molecular weight excluding hydrogens is 310 g/mol. The summed E-state index contributed by atoms with van der Waals surface area (Å²) in [5.41, 5.74) is 3.33. The zero-order valence-corrected chi connectivity index (χ0v) is 14.5. The Morgan fingerprint density at radius 3 is 2.65 bits per heavy atom. The molecule has 1 aromatic carbocycles. The van der Waals surface area contributed by atoms with Gasteiger partial charge in [-0.25, -0.2) is 0 Å². The summed E-state index contributed by atoms with van der Waals surface area (Å²) in [4.78, 5) is 14.2. The van der Waals surface area contributed by atoms with Gasteiger partial charge in [-0.15, -0.1) is 10.2 Å². The van der Waals surface area contributed by atoms with Crippen LogP contribution in [-0.4, -0.2) is 39.3 Å². The van der Waals surface area contributed by atoms with Gasteiger partial charge in [0.1, 0.15) is 0 Å². The van der Waals surface area contributed by atoms with Gasteiger partial charge in [0, 0.05) is 18.7 Å². The highest BCUT2D eigenvalue weighted by molar-refractivity contribution is 8.00. The number of benzene rings is 1. The molecule has 23 heavy (non-hydrogen) atoms. The molecule has 122 valence electrons. The number of rotatable bonds is 4. The summed E-state index contributed by atoms with van der Waals surface area (Å²) >= 11 is 1.33. The molecule has 1 amide bonds. The van der Waals surface area contributed by atoms with E-state index in [-0.39, 0.29) is 11.2 Å². The lowest BCUT2D eigenvalue weighted by Crippen LogP contribution is -2.34. The summed E-state index contributed by atoms with van der Waals surface area (Å²) in [6, 6.07) is 6.06. The van der Waals surface area contributed by atoms with E-state index in [1.165, 1.54) is 22.9 Å². The van der Waals surface area contributed by atoms with Gasteiger partial charge >= 0.3 is 0 Å². The maximum absolute atomic E-state index is 12.3.